The molecule has 3 saturated heterocycles. The van der Waals surface area contributed by atoms with Gasteiger partial charge in [0.1, 0.15) is 0 Å². The molecule has 17 heavy (non-hydrogen) atoms. The molecule has 4 fully saturated rings. The molecule has 4 unspecified atom stereocenters. The van der Waals surface area contributed by atoms with Crippen LogP contribution >= 0.6 is 0 Å². The van der Waals surface area contributed by atoms with E-state index in [4.69, 9.17) is 5.11 Å². The molecule has 96 valence electrons. The second-order valence-electron chi connectivity index (χ2n) is 6.34. The lowest BCUT2D eigenvalue weighted by atomic mass is 9.73. The minimum absolute atomic E-state index is 0.166. The summed E-state index contributed by atoms with van der Waals surface area (Å²) in [5.41, 5.74) is 0. The summed E-state index contributed by atoms with van der Waals surface area (Å²) in [6, 6.07) is 0.726. The number of carboxylic acids is 1. The molecule has 0 amide bonds. The third-order valence-electron chi connectivity index (χ3n) is 5.47. The van der Waals surface area contributed by atoms with E-state index >= 15 is 0 Å². The molecule has 1 saturated carbocycles. The SMILES string of the molecule is CC(CC1CCC2C3CCN(CC3)C12)C(=O)O. The number of hydrogen-bond donors (Lipinski definition) is 1. The summed E-state index contributed by atoms with van der Waals surface area (Å²) >= 11 is 0. The zero-order valence-corrected chi connectivity index (χ0v) is 10.6. The molecule has 3 nitrogen and oxygen atoms in total. The van der Waals surface area contributed by atoms with Crippen molar-refractivity contribution in [1.29, 1.82) is 0 Å². The predicted octanol–water partition coefficient (Wildman–Crippen LogP) is 2.22. The van der Waals surface area contributed by atoms with Crippen molar-refractivity contribution >= 4 is 5.97 Å². The first-order valence-corrected chi connectivity index (χ1v) is 7.13. The standard InChI is InChI=1S/C14H23NO2/c1-9(14(16)17)8-11-2-3-12-10-4-6-15(7-5-10)13(11)12/h9-13H,2-8H2,1H3,(H,16,17). The smallest absolute Gasteiger partial charge is 0.306 e. The Hall–Kier alpha value is -0.570. The van der Waals surface area contributed by atoms with Crippen LogP contribution in [0.25, 0.3) is 0 Å². The van der Waals surface area contributed by atoms with Gasteiger partial charge < -0.3 is 5.11 Å². The van der Waals surface area contributed by atoms with Gasteiger partial charge in [-0.25, -0.2) is 0 Å². The van der Waals surface area contributed by atoms with E-state index in [0.717, 1.165) is 24.3 Å². The van der Waals surface area contributed by atoms with E-state index in [2.05, 4.69) is 4.90 Å². The highest BCUT2D eigenvalue weighted by atomic mass is 16.4. The van der Waals surface area contributed by atoms with Gasteiger partial charge in [0, 0.05) is 6.04 Å². The molecule has 1 N–H and O–H groups in total. The highest BCUT2D eigenvalue weighted by Crippen LogP contribution is 2.49. The lowest BCUT2D eigenvalue weighted by molar-refractivity contribution is -0.142. The summed E-state index contributed by atoms with van der Waals surface area (Å²) in [7, 11) is 0. The van der Waals surface area contributed by atoms with Crippen molar-refractivity contribution in [2.24, 2.45) is 23.7 Å². The van der Waals surface area contributed by atoms with Crippen molar-refractivity contribution in [1.82, 2.24) is 4.90 Å². The minimum Gasteiger partial charge on any atom is -0.481 e. The van der Waals surface area contributed by atoms with Gasteiger partial charge in [0.05, 0.1) is 5.92 Å². The van der Waals surface area contributed by atoms with Gasteiger partial charge in [-0.1, -0.05) is 6.92 Å². The van der Waals surface area contributed by atoms with E-state index in [9.17, 15) is 4.79 Å². The average Bonchev–Trinajstić information content (AvgIpc) is 2.76. The molecule has 3 heteroatoms. The number of piperidine rings is 3. The molecule has 0 aromatic heterocycles. The maximum atomic E-state index is 11.0. The van der Waals surface area contributed by atoms with Crippen LogP contribution in [0.2, 0.25) is 0 Å². The molecule has 1 aliphatic carbocycles. The molecule has 0 radical (unpaired) electrons. The summed E-state index contributed by atoms with van der Waals surface area (Å²) in [6.45, 7) is 4.40. The van der Waals surface area contributed by atoms with Gasteiger partial charge in [0.2, 0.25) is 0 Å². The van der Waals surface area contributed by atoms with Crippen molar-refractivity contribution in [2.45, 2.75) is 45.1 Å². The van der Waals surface area contributed by atoms with E-state index in [1.165, 1.54) is 38.8 Å². The number of carboxylic acid groups (broad SMARTS) is 1. The summed E-state index contributed by atoms with van der Waals surface area (Å²) in [5, 5.41) is 9.06. The Morgan fingerprint density at radius 2 is 2.00 bits per heavy atom. The Kier molecular flexibility index (Phi) is 2.89. The number of nitrogens with zero attached hydrogens (tertiary/aromatic N) is 1. The first kappa shape index (κ1) is 11.5. The van der Waals surface area contributed by atoms with Gasteiger partial charge in [-0.15, -0.1) is 0 Å². The first-order valence-electron chi connectivity index (χ1n) is 7.13. The molecule has 0 aromatic rings. The van der Waals surface area contributed by atoms with Crippen LogP contribution in [-0.2, 0) is 4.79 Å². The van der Waals surface area contributed by atoms with Crippen LogP contribution in [0, 0.1) is 23.7 Å². The summed E-state index contributed by atoms with van der Waals surface area (Å²) < 4.78 is 0. The van der Waals surface area contributed by atoms with E-state index in [0.29, 0.717) is 5.92 Å². The zero-order valence-electron chi connectivity index (χ0n) is 10.6. The highest BCUT2D eigenvalue weighted by Gasteiger charge is 2.49. The Balaban J connectivity index is 1.70. The average molecular weight is 237 g/mol. The lowest BCUT2D eigenvalue weighted by Crippen LogP contribution is -2.54. The van der Waals surface area contributed by atoms with Gasteiger partial charge in [-0.2, -0.15) is 0 Å². The number of carbonyl (C=O) groups is 1. The van der Waals surface area contributed by atoms with Gasteiger partial charge in [-0.3, -0.25) is 9.69 Å². The second kappa shape index (κ2) is 4.27. The highest BCUT2D eigenvalue weighted by molar-refractivity contribution is 5.69. The number of aliphatic carboxylic acids is 1. The van der Waals surface area contributed by atoms with Gasteiger partial charge >= 0.3 is 5.97 Å². The molecule has 0 spiro atoms. The monoisotopic (exact) mass is 237 g/mol. The van der Waals surface area contributed by atoms with E-state index in [-0.39, 0.29) is 5.92 Å². The van der Waals surface area contributed by atoms with Gasteiger partial charge in [0.15, 0.2) is 0 Å². The maximum Gasteiger partial charge on any atom is 0.306 e. The fraction of sp³-hybridized carbons (Fsp3) is 0.929. The Bertz CT molecular complexity index is 309. The van der Waals surface area contributed by atoms with Gasteiger partial charge in [-0.05, 0) is 62.9 Å². The fourth-order valence-electron chi connectivity index (χ4n) is 4.64. The Morgan fingerprint density at radius 3 is 2.65 bits per heavy atom. The third kappa shape index (κ3) is 1.88. The van der Waals surface area contributed by atoms with Crippen molar-refractivity contribution in [3.8, 4) is 0 Å². The largest absolute Gasteiger partial charge is 0.481 e. The second-order valence-corrected chi connectivity index (χ2v) is 6.34. The number of rotatable bonds is 3. The van der Waals surface area contributed by atoms with Crippen LogP contribution in [0.3, 0.4) is 0 Å². The summed E-state index contributed by atoms with van der Waals surface area (Å²) in [5.74, 6) is 1.71. The van der Waals surface area contributed by atoms with Crippen molar-refractivity contribution in [2.75, 3.05) is 13.1 Å². The molecule has 4 rings (SSSR count). The zero-order chi connectivity index (χ0) is 12.0. The van der Waals surface area contributed by atoms with E-state index in [1.807, 2.05) is 6.92 Å². The van der Waals surface area contributed by atoms with Crippen molar-refractivity contribution in [3.63, 3.8) is 0 Å². The summed E-state index contributed by atoms with van der Waals surface area (Å²) in [6.07, 6.45) is 6.28. The van der Waals surface area contributed by atoms with E-state index in [1.54, 1.807) is 0 Å². The van der Waals surface area contributed by atoms with Gasteiger partial charge in [0.25, 0.3) is 0 Å². The first-order chi connectivity index (χ1) is 8.16. The lowest BCUT2D eigenvalue weighted by Gasteiger charge is -2.50. The van der Waals surface area contributed by atoms with Crippen molar-refractivity contribution in [3.05, 3.63) is 0 Å². The third-order valence-corrected chi connectivity index (χ3v) is 5.47. The molecule has 3 aliphatic heterocycles. The van der Waals surface area contributed by atoms with Crippen LogP contribution < -0.4 is 0 Å². The molecular formula is C14H23NO2. The Morgan fingerprint density at radius 1 is 1.29 bits per heavy atom. The molecule has 3 heterocycles. The molecule has 0 aromatic carbocycles. The van der Waals surface area contributed by atoms with Crippen LogP contribution in [0.4, 0.5) is 0 Å². The fourth-order valence-corrected chi connectivity index (χ4v) is 4.64. The molecular weight excluding hydrogens is 214 g/mol. The number of hydrogen-bond acceptors (Lipinski definition) is 2. The van der Waals surface area contributed by atoms with Crippen molar-refractivity contribution < 1.29 is 9.90 Å². The van der Waals surface area contributed by atoms with Crippen LogP contribution in [0.5, 0.6) is 0 Å². The maximum absolute atomic E-state index is 11.0. The minimum atomic E-state index is -0.621. The Labute approximate surface area is 103 Å². The van der Waals surface area contributed by atoms with Crippen LogP contribution in [0.1, 0.15) is 39.0 Å². The predicted molar refractivity (Wildman–Crippen MR) is 65.7 cm³/mol. The molecule has 4 aliphatic rings. The topological polar surface area (TPSA) is 40.5 Å². The normalized spacial score (nSPS) is 45.6. The van der Waals surface area contributed by atoms with E-state index < -0.39 is 5.97 Å². The number of fused-ring (bicyclic) bond motifs is 2. The molecule has 2 bridgehead atoms. The van der Waals surface area contributed by atoms with Crippen LogP contribution in [-0.4, -0.2) is 35.1 Å². The summed E-state index contributed by atoms with van der Waals surface area (Å²) in [4.78, 5) is 13.7. The van der Waals surface area contributed by atoms with Crippen LogP contribution in [0.15, 0.2) is 0 Å². The quantitative estimate of drug-likeness (QED) is 0.818. The molecule has 4 atom stereocenters.